The molecule has 126 valence electrons. The van der Waals surface area contributed by atoms with Crippen LogP contribution in [0.2, 0.25) is 0 Å². The van der Waals surface area contributed by atoms with Crippen molar-refractivity contribution in [2.75, 3.05) is 6.54 Å². The van der Waals surface area contributed by atoms with E-state index in [1.807, 2.05) is 0 Å². The zero-order chi connectivity index (χ0) is 17.5. The van der Waals surface area contributed by atoms with Gasteiger partial charge in [-0.1, -0.05) is 30.3 Å². The van der Waals surface area contributed by atoms with Crippen LogP contribution in [-0.2, 0) is 9.53 Å². The maximum atomic E-state index is 12.3. The lowest BCUT2D eigenvalue weighted by atomic mass is 10.1. The first-order chi connectivity index (χ1) is 11.5. The molecule has 0 saturated heterocycles. The van der Waals surface area contributed by atoms with Gasteiger partial charge in [-0.2, -0.15) is 0 Å². The Morgan fingerprint density at radius 1 is 1.17 bits per heavy atom. The highest BCUT2D eigenvalue weighted by Gasteiger charge is 2.27. The minimum Gasteiger partial charge on any atom is -0.443 e. The van der Waals surface area contributed by atoms with Crippen molar-refractivity contribution < 1.29 is 19.1 Å². The summed E-state index contributed by atoms with van der Waals surface area (Å²) >= 11 is 4.47. The number of thiophene rings is 1. The van der Waals surface area contributed by atoms with Gasteiger partial charge in [0, 0.05) is 12.1 Å². The molecule has 1 unspecified atom stereocenters. The number of hydrogen-bond acceptors (Lipinski definition) is 5. The quantitative estimate of drug-likeness (QED) is 0.740. The summed E-state index contributed by atoms with van der Waals surface area (Å²) in [5, 5.41) is 4.63. The molecule has 0 radical (unpaired) electrons. The second kappa shape index (κ2) is 8.60. The number of carbonyl (C=O) groups excluding carboxylic acids is 3. The Morgan fingerprint density at radius 2 is 1.88 bits per heavy atom. The molecule has 24 heavy (non-hydrogen) atoms. The Bertz CT molecular complexity index is 733. The summed E-state index contributed by atoms with van der Waals surface area (Å²) in [6, 6.07) is 11.2. The number of hydrogen-bond donors (Lipinski definition) is 2. The van der Waals surface area contributed by atoms with Gasteiger partial charge in [0.2, 0.25) is 6.10 Å². The second-order valence-electron chi connectivity index (χ2n) is 4.65. The predicted octanol–water partition coefficient (Wildman–Crippen LogP) is 3.25. The fourth-order valence-electron chi connectivity index (χ4n) is 1.87. The van der Waals surface area contributed by atoms with Crippen LogP contribution in [0.5, 0.6) is 0 Å². The third-order valence-electron chi connectivity index (χ3n) is 2.91. The number of nitrogens with one attached hydrogen (secondary N) is 2. The van der Waals surface area contributed by atoms with Gasteiger partial charge < -0.3 is 10.1 Å². The molecule has 2 N–H and O–H groups in total. The van der Waals surface area contributed by atoms with Crippen LogP contribution in [0, 0.1) is 0 Å². The van der Waals surface area contributed by atoms with E-state index in [9.17, 15) is 14.4 Å². The molecule has 8 heteroatoms. The molecule has 1 aromatic carbocycles. The van der Waals surface area contributed by atoms with Gasteiger partial charge in [-0.3, -0.25) is 10.1 Å². The molecular formula is C16H15BrN2O4S. The minimum atomic E-state index is -1.22. The molecule has 0 aliphatic carbocycles. The normalized spacial score (nSPS) is 11.4. The summed E-state index contributed by atoms with van der Waals surface area (Å²) in [7, 11) is 0. The third-order valence-corrected chi connectivity index (χ3v) is 4.52. The molecule has 0 saturated carbocycles. The first-order valence-corrected chi connectivity index (χ1v) is 8.72. The smallest absolute Gasteiger partial charge is 0.349 e. The molecule has 0 bridgehead atoms. The zero-order valence-electron chi connectivity index (χ0n) is 12.7. The van der Waals surface area contributed by atoms with Gasteiger partial charge in [-0.05, 0) is 35.0 Å². The van der Waals surface area contributed by atoms with Gasteiger partial charge in [-0.15, -0.1) is 11.3 Å². The highest BCUT2D eigenvalue weighted by Crippen LogP contribution is 2.25. The van der Waals surface area contributed by atoms with Crippen molar-refractivity contribution in [1.82, 2.24) is 10.6 Å². The molecule has 0 fully saturated rings. The van der Waals surface area contributed by atoms with Gasteiger partial charge in [-0.25, -0.2) is 9.59 Å². The summed E-state index contributed by atoms with van der Waals surface area (Å²) < 4.78 is 6.11. The molecule has 1 atom stereocenters. The summed E-state index contributed by atoms with van der Waals surface area (Å²) in [6.45, 7) is 2.10. The van der Waals surface area contributed by atoms with E-state index in [4.69, 9.17) is 4.74 Å². The molecular weight excluding hydrogens is 396 g/mol. The standard InChI is InChI=1S/C16H15BrN2O4S/c1-2-18-16(22)19-14(20)13(10-6-4-3-5-7-10)23-15(21)11-8-9-12(17)24-11/h3-9,13H,2H2,1H3,(H2,18,19,20,22). The van der Waals surface area contributed by atoms with Crippen molar-refractivity contribution in [3.63, 3.8) is 0 Å². The Morgan fingerprint density at radius 3 is 2.46 bits per heavy atom. The first-order valence-electron chi connectivity index (χ1n) is 7.11. The molecule has 0 spiro atoms. The van der Waals surface area contributed by atoms with Crippen molar-refractivity contribution in [1.29, 1.82) is 0 Å². The highest BCUT2D eigenvalue weighted by atomic mass is 79.9. The second-order valence-corrected chi connectivity index (χ2v) is 7.11. The van der Waals surface area contributed by atoms with Gasteiger partial charge in [0.05, 0.1) is 3.79 Å². The fraction of sp³-hybridized carbons (Fsp3) is 0.188. The molecule has 1 aromatic heterocycles. The van der Waals surface area contributed by atoms with E-state index in [1.165, 1.54) is 11.3 Å². The number of rotatable bonds is 5. The van der Waals surface area contributed by atoms with Gasteiger partial charge in [0.1, 0.15) is 4.88 Å². The van der Waals surface area contributed by atoms with Crippen LogP contribution in [0.4, 0.5) is 4.79 Å². The number of amides is 3. The minimum absolute atomic E-state index is 0.355. The Labute approximate surface area is 151 Å². The van der Waals surface area contributed by atoms with Gasteiger partial charge in [0.25, 0.3) is 5.91 Å². The van der Waals surface area contributed by atoms with Gasteiger partial charge >= 0.3 is 12.0 Å². The van der Waals surface area contributed by atoms with E-state index in [0.717, 1.165) is 3.79 Å². The number of ether oxygens (including phenoxy) is 1. The third kappa shape index (κ3) is 4.90. The monoisotopic (exact) mass is 410 g/mol. The molecule has 0 aliphatic rings. The SMILES string of the molecule is CCNC(=O)NC(=O)C(OC(=O)c1ccc(Br)s1)c1ccccc1. The molecule has 2 rings (SSSR count). The van der Waals surface area contributed by atoms with Crippen molar-refractivity contribution in [2.45, 2.75) is 13.0 Å². The summed E-state index contributed by atoms with van der Waals surface area (Å²) in [4.78, 5) is 36.5. The maximum absolute atomic E-state index is 12.3. The van der Waals surface area contributed by atoms with Crippen LogP contribution >= 0.6 is 27.3 Å². The summed E-state index contributed by atoms with van der Waals surface area (Å²) in [5.41, 5.74) is 0.475. The van der Waals surface area contributed by atoms with Crippen molar-refractivity contribution in [2.24, 2.45) is 0 Å². The number of urea groups is 1. The van der Waals surface area contributed by atoms with Crippen LogP contribution in [0.15, 0.2) is 46.3 Å². The van der Waals surface area contributed by atoms with E-state index < -0.39 is 24.0 Å². The maximum Gasteiger partial charge on any atom is 0.349 e. The topological polar surface area (TPSA) is 84.5 Å². The summed E-state index contributed by atoms with van der Waals surface area (Å²) in [6.07, 6.45) is -1.22. The van der Waals surface area contributed by atoms with E-state index >= 15 is 0 Å². The molecule has 1 heterocycles. The molecule has 2 aromatic rings. The van der Waals surface area contributed by atoms with Crippen LogP contribution in [0.3, 0.4) is 0 Å². The van der Waals surface area contributed by atoms with E-state index in [0.29, 0.717) is 17.0 Å². The largest absolute Gasteiger partial charge is 0.443 e. The van der Waals surface area contributed by atoms with Crippen LogP contribution in [-0.4, -0.2) is 24.5 Å². The average molecular weight is 411 g/mol. The molecule has 3 amide bonds. The summed E-state index contributed by atoms with van der Waals surface area (Å²) in [5.74, 6) is -1.35. The highest BCUT2D eigenvalue weighted by molar-refractivity contribution is 9.11. The van der Waals surface area contributed by atoms with E-state index in [2.05, 4.69) is 26.6 Å². The van der Waals surface area contributed by atoms with Crippen molar-refractivity contribution >= 4 is 45.2 Å². The Hall–Kier alpha value is -2.19. The lowest BCUT2D eigenvalue weighted by Crippen LogP contribution is -2.42. The predicted molar refractivity (Wildman–Crippen MR) is 93.8 cm³/mol. The zero-order valence-corrected chi connectivity index (χ0v) is 15.1. The Balaban J connectivity index is 2.18. The first kappa shape index (κ1) is 18.2. The Kier molecular flexibility index (Phi) is 6.51. The number of esters is 1. The van der Waals surface area contributed by atoms with E-state index in [1.54, 1.807) is 49.4 Å². The number of imide groups is 1. The average Bonchev–Trinajstić information content (AvgIpc) is 3.00. The lowest BCUT2D eigenvalue weighted by molar-refractivity contribution is -0.129. The van der Waals surface area contributed by atoms with Crippen LogP contribution < -0.4 is 10.6 Å². The van der Waals surface area contributed by atoms with Crippen molar-refractivity contribution in [3.05, 3.63) is 56.7 Å². The lowest BCUT2D eigenvalue weighted by Gasteiger charge is -2.17. The number of benzene rings is 1. The fourth-order valence-corrected chi connectivity index (χ4v) is 3.14. The number of carbonyl (C=O) groups is 3. The molecule has 0 aliphatic heterocycles. The molecule has 6 nitrogen and oxygen atoms in total. The number of halogens is 1. The van der Waals surface area contributed by atoms with Crippen LogP contribution in [0.1, 0.15) is 28.3 Å². The van der Waals surface area contributed by atoms with Gasteiger partial charge in [0.15, 0.2) is 0 Å². The van der Waals surface area contributed by atoms with Crippen molar-refractivity contribution in [3.8, 4) is 0 Å². The van der Waals surface area contributed by atoms with E-state index in [-0.39, 0.29) is 0 Å². The van der Waals surface area contributed by atoms with Crippen LogP contribution in [0.25, 0.3) is 0 Å².